The van der Waals surface area contributed by atoms with Gasteiger partial charge in [-0.25, -0.2) is 0 Å². The van der Waals surface area contributed by atoms with Crippen molar-refractivity contribution in [2.45, 2.75) is 40.0 Å². The second kappa shape index (κ2) is 7.07. The van der Waals surface area contributed by atoms with Crippen LogP contribution in [0, 0.1) is 6.92 Å². The largest absolute Gasteiger partial charge is 0.468 e. The molecule has 0 spiro atoms. The molecule has 20 heavy (non-hydrogen) atoms. The van der Waals surface area contributed by atoms with Gasteiger partial charge < -0.3 is 14.2 Å². The Labute approximate surface area is 119 Å². The molecule has 1 heterocycles. The molecule has 112 valence electrons. The molecule has 0 aliphatic heterocycles. The van der Waals surface area contributed by atoms with E-state index in [0.717, 1.165) is 6.42 Å². The van der Waals surface area contributed by atoms with Gasteiger partial charge in [0.1, 0.15) is 12.1 Å². The minimum Gasteiger partial charge on any atom is -0.468 e. The van der Waals surface area contributed by atoms with Gasteiger partial charge in [0.2, 0.25) is 0 Å². The SMILES string of the molecule is CCCN(CC(=O)OC)C(=O)c1c(C)noc1C(C)C. The molecule has 1 aromatic rings. The van der Waals surface area contributed by atoms with Crippen LogP contribution in [0.5, 0.6) is 0 Å². The molecule has 6 nitrogen and oxygen atoms in total. The normalized spacial score (nSPS) is 10.7. The molecule has 1 aromatic heterocycles. The zero-order valence-electron chi connectivity index (χ0n) is 12.7. The maximum atomic E-state index is 12.6. The number of nitrogens with zero attached hydrogens (tertiary/aromatic N) is 2. The van der Waals surface area contributed by atoms with E-state index in [4.69, 9.17) is 4.52 Å². The fraction of sp³-hybridized carbons (Fsp3) is 0.643. The van der Waals surface area contributed by atoms with E-state index in [1.807, 2.05) is 20.8 Å². The highest BCUT2D eigenvalue weighted by Crippen LogP contribution is 2.23. The number of carbonyl (C=O) groups excluding carboxylic acids is 2. The Bertz CT molecular complexity index is 480. The molecular formula is C14H22N2O4. The van der Waals surface area contributed by atoms with E-state index in [0.29, 0.717) is 23.6 Å². The zero-order chi connectivity index (χ0) is 15.3. The van der Waals surface area contributed by atoms with Gasteiger partial charge in [-0.15, -0.1) is 0 Å². The molecule has 0 atom stereocenters. The summed E-state index contributed by atoms with van der Waals surface area (Å²) in [6.45, 7) is 7.95. The third-order valence-corrected chi connectivity index (χ3v) is 2.96. The van der Waals surface area contributed by atoms with Crippen LogP contribution in [0.25, 0.3) is 0 Å². The van der Waals surface area contributed by atoms with E-state index in [9.17, 15) is 9.59 Å². The van der Waals surface area contributed by atoms with E-state index < -0.39 is 5.97 Å². The van der Waals surface area contributed by atoms with E-state index in [2.05, 4.69) is 9.89 Å². The molecule has 1 amide bonds. The Morgan fingerprint density at radius 1 is 1.40 bits per heavy atom. The summed E-state index contributed by atoms with van der Waals surface area (Å²) in [4.78, 5) is 25.5. The van der Waals surface area contributed by atoms with Crippen LogP contribution in [0.3, 0.4) is 0 Å². The van der Waals surface area contributed by atoms with Crippen molar-refractivity contribution in [3.05, 3.63) is 17.0 Å². The van der Waals surface area contributed by atoms with Crippen LogP contribution in [0.1, 0.15) is 54.9 Å². The third-order valence-electron chi connectivity index (χ3n) is 2.96. The number of aromatic nitrogens is 1. The van der Waals surface area contributed by atoms with Gasteiger partial charge >= 0.3 is 5.97 Å². The predicted molar refractivity (Wildman–Crippen MR) is 73.5 cm³/mol. The average Bonchev–Trinajstić information content (AvgIpc) is 2.79. The molecule has 0 saturated heterocycles. The predicted octanol–water partition coefficient (Wildman–Crippen LogP) is 2.13. The standard InChI is InChI=1S/C14H22N2O4/c1-6-7-16(8-11(17)19-5)14(18)12-10(4)15-20-13(12)9(2)3/h9H,6-8H2,1-5H3. The van der Waals surface area contributed by atoms with Crippen LogP contribution >= 0.6 is 0 Å². The first-order valence-corrected chi connectivity index (χ1v) is 6.74. The van der Waals surface area contributed by atoms with Crippen LogP contribution in [-0.2, 0) is 9.53 Å². The minimum atomic E-state index is -0.438. The number of methoxy groups -OCH3 is 1. The van der Waals surface area contributed by atoms with Gasteiger partial charge in [0.05, 0.1) is 12.8 Å². The molecule has 6 heteroatoms. The van der Waals surface area contributed by atoms with Gasteiger partial charge in [0.15, 0.2) is 5.76 Å². The first-order chi connectivity index (χ1) is 9.42. The van der Waals surface area contributed by atoms with Crippen molar-refractivity contribution in [2.24, 2.45) is 0 Å². The van der Waals surface area contributed by atoms with Crippen molar-refractivity contribution >= 4 is 11.9 Å². The summed E-state index contributed by atoms with van der Waals surface area (Å²) in [5, 5.41) is 3.86. The van der Waals surface area contributed by atoms with E-state index >= 15 is 0 Å². The minimum absolute atomic E-state index is 0.0525. The smallest absolute Gasteiger partial charge is 0.325 e. The van der Waals surface area contributed by atoms with Gasteiger partial charge in [-0.05, 0) is 13.3 Å². The Morgan fingerprint density at radius 3 is 2.55 bits per heavy atom. The summed E-state index contributed by atoms with van der Waals surface area (Å²) in [5.74, 6) is -0.0677. The lowest BCUT2D eigenvalue weighted by Gasteiger charge is -2.21. The van der Waals surface area contributed by atoms with Crippen molar-refractivity contribution in [3.63, 3.8) is 0 Å². The van der Waals surface area contributed by atoms with Crippen molar-refractivity contribution in [2.75, 3.05) is 20.2 Å². The molecule has 0 bridgehead atoms. The number of ether oxygens (including phenoxy) is 1. The Morgan fingerprint density at radius 2 is 2.05 bits per heavy atom. The van der Waals surface area contributed by atoms with E-state index in [1.165, 1.54) is 12.0 Å². The van der Waals surface area contributed by atoms with E-state index in [1.54, 1.807) is 6.92 Å². The fourth-order valence-electron chi connectivity index (χ4n) is 1.94. The molecule has 1 rings (SSSR count). The highest BCUT2D eigenvalue weighted by atomic mass is 16.5. The third kappa shape index (κ3) is 3.59. The molecule has 0 aromatic carbocycles. The quantitative estimate of drug-likeness (QED) is 0.747. The molecule has 0 radical (unpaired) electrons. The molecule has 0 N–H and O–H groups in total. The number of hydrogen-bond acceptors (Lipinski definition) is 5. The van der Waals surface area contributed by atoms with Crippen molar-refractivity contribution < 1.29 is 18.8 Å². The van der Waals surface area contributed by atoms with Gasteiger partial charge in [-0.3, -0.25) is 9.59 Å². The van der Waals surface area contributed by atoms with Crippen LogP contribution < -0.4 is 0 Å². The summed E-state index contributed by atoms with van der Waals surface area (Å²) in [6, 6.07) is 0. The lowest BCUT2D eigenvalue weighted by atomic mass is 10.0. The first kappa shape index (κ1) is 16.2. The van der Waals surface area contributed by atoms with Gasteiger partial charge in [0.25, 0.3) is 5.91 Å². The van der Waals surface area contributed by atoms with Crippen LogP contribution in [0.4, 0.5) is 0 Å². The van der Waals surface area contributed by atoms with Crippen LogP contribution in [-0.4, -0.2) is 42.1 Å². The highest BCUT2D eigenvalue weighted by Gasteiger charge is 2.27. The molecule has 0 unspecified atom stereocenters. The Hall–Kier alpha value is -1.85. The second-order valence-corrected chi connectivity index (χ2v) is 4.96. The number of rotatable bonds is 6. The van der Waals surface area contributed by atoms with E-state index in [-0.39, 0.29) is 18.4 Å². The summed E-state index contributed by atoms with van der Waals surface area (Å²) < 4.78 is 9.85. The van der Waals surface area contributed by atoms with Crippen molar-refractivity contribution in [1.82, 2.24) is 10.1 Å². The van der Waals surface area contributed by atoms with Crippen LogP contribution in [0.2, 0.25) is 0 Å². The van der Waals surface area contributed by atoms with Crippen LogP contribution in [0.15, 0.2) is 4.52 Å². The first-order valence-electron chi connectivity index (χ1n) is 6.74. The lowest BCUT2D eigenvalue weighted by molar-refractivity contribution is -0.141. The topological polar surface area (TPSA) is 72.6 Å². The molecule has 0 aliphatic carbocycles. The Balaban J connectivity index is 3.05. The van der Waals surface area contributed by atoms with Gasteiger partial charge in [-0.1, -0.05) is 25.9 Å². The lowest BCUT2D eigenvalue weighted by Crippen LogP contribution is -2.37. The van der Waals surface area contributed by atoms with Gasteiger partial charge in [0, 0.05) is 12.5 Å². The number of amides is 1. The maximum Gasteiger partial charge on any atom is 0.325 e. The summed E-state index contributed by atoms with van der Waals surface area (Å²) in [6.07, 6.45) is 0.754. The summed E-state index contributed by atoms with van der Waals surface area (Å²) >= 11 is 0. The molecule has 0 fully saturated rings. The maximum absolute atomic E-state index is 12.6. The average molecular weight is 282 g/mol. The van der Waals surface area contributed by atoms with Crippen molar-refractivity contribution in [1.29, 1.82) is 0 Å². The second-order valence-electron chi connectivity index (χ2n) is 4.96. The number of carbonyl (C=O) groups is 2. The molecule has 0 saturated carbocycles. The van der Waals surface area contributed by atoms with Gasteiger partial charge in [-0.2, -0.15) is 0 Å². The Kier molecular flexibility index (Phi) is 5.73. The fourth-order valence-corrected chi connectivity index (χ4v) is 1.94. The molecular weight excluding hydrogens is 260 g/mol. The summed E-state index contributed by atoms with van der Waals surface area (Å²) in [5.41, 5.74) is 1.00. The monoisotopic (exact) mass is 282 g/mol. The number of hydrogen-bond donors (Lipinski definition) is 0. The summed E-state index contributed by atoms with van der Waals surface area (Å²) in [7, 11) is 1.31. The number of aryl methyl sites for hydroxylation is 1. The molecule has 0 aliphatic rings. The highest BCUT2D eigenvalue weighted by molar-refractivity contribution is 5.97. The van der Waals surface area contributed by atoms with Crippen molar-refractivity contribution in [3.8, 4) is 0 Å². The number of esters is 1. The zero-order valence-corrected chi connectivity index (χ0v) is 12.7.